The predicted octanol–water partition coefficient (Wildman–Crippen LogP) is 4.99. The van der Waals surface area contributed by atoms with E-state index in [1.54, 1.807) is 0 Å². The Labute approximate surface area is 126 Å². The van der Waals surface area contributed by atoms with Gasteiger partial charge >= 0.3 is 0 Å². The van der Waals surface area contributed by atoms with Gasteiger partial charge in [0.1, 0.15) is 5.82 Å². The van der Waals surface area contributed by atoms with Crippen LogP contribution >= 0.6 is 0 Å². The molecule has 0 N–H and O–H groups in total. The number of ether oxygens (including phenoxy) is 1. The first-order valence-electron chi connectivity index (χ1n) is 7.37. The van der Waals surface area contributed by atoms with Crippen LogP contribution in [0.2, 0.25) is 0 Å². The number of hydrogen-bond donors (Lipinski definition) is 0. The summed E-state index contributed by atoms with van der Waals surface area (Å²) in [6, 6.07) is 16.9. The highest BCUT2D eigenvalue weighted by atomic mass is 19.1. The molecule has 0 aliphatic rings. The van der Waals surface area contributed by atoms with Crippen molar-refractivity contribution in [3.05, 3.63) is 78.5 Å². The maximum Gasteiger partial charge on any atom is 0.123 e. The zero-order valence-corrected chi connectivity index (χ0v) is 12.5. The Bertz CT molecular complexity index is 521. The van der Waals surface area contributed by atoms with E-state index >= 15 is 0 Å². The monoisotopic (exact) mass is 285 g/mol. The third kappa shape index (κ3) is 4.68. The first-order valence-corrected chi connectivity index (χ1v) is 7.37. The Morgan fingerprint density at radius 1 is 1.05 bits per heavy atom. The molecule has 0 bridgehead atoms. The van der Waals surface area contributed by atoms with E-state index in [0.29, 0.717) is 25.0 Å². The fourth-order valence-electron chi connectivity index (χ4n) is 2.42. The van der Waals surface area contributed by atoms with Crippen molar-refractivity contribution in [1.29, 1.82) is 0 Å². The molecule has 2 heteroatoms. The van der Waals surface area contributed by atoms with Crippen LogP contribution in [0.15, 0.2) is 54.6 Å². The minimum absolute atomic E-state index is 0.197. The summed E-state index contributed by atoms with van der Waals surface area (Å²) < 4.78 is 18.8. The van der Waals surface area contributed by atoms with Gasteiger partial charge in [-0.15, -0.1) is 0 Å². The lowest BCUT2D eigenvalue weighted by molar-refractivity contribution is 0.0801. The highest BCUT2D eigenvalue weighted by Crippen LogP contribution is 2.27. The fraction of sp³-hybridized carbons (Fsp3) is 0.316. The van der Waals surface area contributed by atoms with E-state index in [0.717, 1.165) is 12.0 Å². The van der Waals surface area contributed by atoms with Gasteiger partial charge in [-0.1, -0.05) is 56.3 Å². The second-order valence-corrected chi connectivity index (χ2v) is 5.39. The topological polar surface area (TPSA) is 9.23 Å². The summed E-state index contributed by atoms with van der Waals surface area (Å²) in [6.07, 6.45) is 0.799. The smallest absolute Gasteiger partial charge is 0.123 e. The molecule has 2 rings (SSSR count). The largest absolute Gasteiger partial charge is 0.376 e. The maximum atomic E-state index is 13.0. The molecule has 2 aromatic carbocycles. The Kier molecular flexibility index (Phi) is 5.94. The van der Waals surface area contributed by atoms with Gasteiger partial charge in [-0.05, 0) is 41.5 Å². The number of halogens is 1. The average Bonchev–Trinajstić information content (AvgIpc) is 2.53. The van der Waals surface area contributed by atoms with Crippen molar-refractivity contribution in [1.82, 2.24) is 0 Å². The van der Waals surface area contributed by atoms with Crippen LogP contribution in [0.1, 0.15) is 30.4 Å². The van der Waals surface area contributed by atoms with E-state index in [1.165, 1.54) is 17.7 Å². The van der Waals surface area contributed by atoms with Crippen molar-refractivity contribution < 1.29 is 9.13 Å². The summed E-state index contributed by atoms with van der Waals surface area (Å²) in [5.74, 6) is 0.440. The summed E-state index contributed by atoms with van der Waals surface area (Å²) in [7, 11) is 0. The zero-order chi connectivity index (χ0) is 15.1. The first kappa shape index (κ1) is 15.7. The second kappa shape index (κ2) is 7.94. The molecule has 0 spiro atoms. The van der Waals surface area contributed by atoms with Gasteiger partial charge in [-0.25, -0.2) is 4.39 Å². The van der Waals surface area contributed by atoms with Crippen molar-refractivity contribution in [2.45, 2.75) is 25.9 Å². The number of hydrogen-bond acceptors (Lipinski definition) is 1. The molecule has 0 aromatic heterocycles. The minimum Gasteiger partial charge on any atom is -0.376 e. The van der Waals surface area contributed by atoms with Crippen molar-refractivity contribution in [3.8, 4) is 0 Å². The van der Waals surface area contributed by atoms with Crippen LogP contribution in [0.25, 0.3) is 0 Å². The van der Waals surface area contributed by atoms with E-state index in [4.69, 9.17) is 4.74 Å². The molecule has 0 fully saturated rings. The van der Waals surface area contributed by atoms with Gasteiger partial charge in [0.15, 0.2) is 0 Å². The molecule has 2 unspecified atom stereocenters. The number of benzene rings is 2. The first-order chi connectivity index (χ1) is 10.2. The van der Waals surface area contributed by atoms with Crippen LogP contribution in [-0.4, -0.2) is 6.61 Å². The summed E-state index contributed by atoms with van der Waals surface area (Å²) in [5.41, 5.74) is 2.31. The molecule has 0 saturated heterocycles. The van der Waals surface area contributed by atoms with E-state index in [9.17, 15) is 4.39 Å². The van der Waals surface area contributed by atoms with Gasteiger partial charge in [-0.2, -0.15) is 0 Å². The van der Waals surface area contributed by atoms with Gasteiger partial charge < -0.3 is 4.74 Å². The molecular formula is C19H22FO. The number of rotatable bonds is 7. The summed E-state index contributed by atoms with van der Waals surface area (Å²) in [4.78, 5) is 0. The highest BCUT2D eigenvalue weighted by Gasteiger charge is 2.17. The molecule has 0 aliphatic heterocycles. The molecule has 0 amide bonds. The van der Waals surface area contributed by atoms with Gasteiger partial charge in [0.25, 0.3) is 0 Å². The Morgan fingerprint density at radius 2 is 1.71 bits per heavy atom. The molecule has 2 atom stereocenters. The second-order valence-electron chi connectivity index (χ2n) is 5.39. The quantitative estimate of drug-likeness (QED) is 0.696. The predicted molar refractivity (Wildman–Crippen MR) is 84.4 cm³/mol. The van der Waals surface area contributed by atoms with Crippen molar-refractivity contribution in [2.75, 3.05) is 6.61 Å². The third-order valence-electron chi connectivity index (χ3n) is 3.92. The van der Waals surface area contributed by atoms with E-state index < -0.39 is 0 Å². The standard InChI is InChI=1S/C19H22FO/c1-3-17(14-21-13-16-7-5-4-6-8-16)15(2)18-9-11-19(20)12-10-18/h4-12,15,17H,1,3,13-14H2,2H3. The Morgan fingerprint density at radius 3 is 2.33 bits per heavy atom. The maximum absolute atomic E-state index is 13.0. The summed E-state index contributed by atoms with van der Waals surface area (Å²) >= 11 is 0. The molecule has 0 aliphatic carbocycles. The lowest BCUT2D eigenvalue weighted by atomic mass is 9.86. The Hall–Kier alpha value is -1.67. The van der Waals surface area contributed by atoms with Crippen LogP contribution in [0.5, 0.6) is 0 Å². The molecule has 2 aromatic rings. The van der Waals surface area contributed by atoms with Gasteiger partial charge in [0.05, 0.1) is 13.2 Å². The van der Waals surface area contributed by atoms with Crippen LogP contribution in [-0.2, 0) is 11.3 Å². The zero-order valence-electron chi connectivity index (χ0n) is 12.5. The van der Waals surface area contributed by atoms with Crippen LogP contribution in [0.3, 0.4) is 0 Å². The molecular weight excluding hydrogens is 263 g/mol. The molecule has 0 heterocycles. The molecule has 111 valence electrons. The van der Waals surface area contributed by atoms with Gasteiger partial charge in [-0.3, -0.25) is 0 Å². The van der Waals surface area contributed by atoms with Gasteiger partial charge in [0, 0.05) is 0 Å². The van der Waals surface area contributed by atoms with Crippen LogP contribution < -0.4 is 0 Å². The highest BCUT2D eigenvalue weighted by molar-refractivity contribution is 5.20. The molecule has 21 heavy (non-hydrogen) atoms. The molecule has 0 saturated carbocycles. The van der Waals surface area contributed by atoms with Crippen LogP contribution in [0, 0.1) is 18.7 Å². The minimum atomic E-state index is -0.197. The van der Waals surface area contributed by atoms with Gasteiger partial charge in [0.2, 0.25) is 0 Å². The lowest BCUT2D eigenvalue weighted by Crippen LogP contribution is -2.16. The fourth-order valence-corrected chi connectivity index (χ4v) is 2.42. The van der Waals surface area contributed by atoms with E-state index in [-0.39, 0.29) is 5.82 Å². The van der Waals surface area contributed by atoms with E-state index in [1.807, 2.05) is 30.3 Å². The third-order valence-corrected chi connectivity index (χ3v) is 3.92. The van der Waals surface area contributed by atoms with Crippen molar-refractivity contribution in [3.63, 3.8) is 0 Å². The van der Waals surface area contributed by atoms with Crippen LogP contribution in [0.4, 0.5) is 4.39 Å². The summed E-state index contributed by atoms with van der Waals surface area (Å²) in [5, 5.41) is 0. The van der Waals surface area contributed by atoms with Crippen molar-refractivity contribution in [2.24, 2.45) is 5.92 Å². The van der Waals surface area contributed by atoms with Crippen molar-refractivity contribution >= 4 is 0 Å². The van der Waals surface area contributed by atoms with E-state index in [2.05, 4.69) is 26.0 Å². The summed E-state index contributed by atoms with van der Waals surface area (Å²) in [6.45, 7) is 7.45. The Balaban J connectivity index is 1.88. The molecule has 1 radical (unpaired) electrons. The normalized spacial score (nSPS) is 13.9. The SMILES string of the molecule is [CH2]CC(COCc1ccccc1)C(C)c1ccc(F)cc1. The molecule has 1 nitrogen and oxygen atoms in total. The average molecular weight is 285 g/mol. The lowest BCUT2D eigenvalue weighted by Gasteiger charge is -2.23.